The standard InChI is InChI=1S/C17H20BrN3O3/c1-11-7-14(20-24-11)10-23-16-5-4-12(8-15(16)18)17(22)21-6-2-3-13(19)9-21/h4-5,7-8,13H,2-3,6,9-10,19H2,1H3/t13-/m1/s1. The first-order valence-corrected chi connectivity index (χ1v) is 8.71. The minimum absolute atomic E-state index is 0.00419. The van der Waals surface area contributed by atoms with Crippen LogP contribution in [0.3, 0.4) is 0 Å². The molecule has 1 aliphatic heterocycles. The number of halogens is 1. The van der Waals surface area contributed by atoms with Crippen molar-refractivity contribution in [2.24, 2.45) is 5.73 Å². The van der Waals surface area contributed by atoms with Crippen molar-refractivity contribution in [3.8, 4) is 5.75 Å². The normalized spacial score (nSPS) is 17.8. The number of nitrogens with zero attached hydrogens (tertiary/aromatic N) is 2. The lowest BCUT2D eigenvalue weighted by atomic mass is 10.1. The first kappa shape index (κ1) is 17.0. The number of aryl methyl sites for hydroxylation is 1. The summed E-state index contributed by atoms with van der Waals surface area (Å²) in [6.07, 6.45) is 1.92. The van der Waals surface area contributed by atoms with E-state index in [9.17, 15) is 4.79 Å². The number of amides is 1. The van der Waals surface area contributed by atoms with E-state index in [4.69, 9.17) is 15.0 Å². The Balaban J connectivity index is 1.66. The molecule has 0 unspecified atom stereocenters. The zero-order chi connectivity index (χ0) is 17.1. The fraction of sp³-hybridized carbons (Fsp3) is 0.412. The van der Waals surface area contributed by atoms with E-state index >= 15 is 0 Å². The fourth-order valence-corrected chi connectivity index (χ4v) is 3.26. The van der Waals surface area contributed by atoms with Crippen LogP contribution in [0.5, 0.6) is 5.75 Å². The molecule has 6 nitrogen and oxygen atoms in total. The van der Waals surface area contributed by atoms with Gasteiger partial charge in [-0.2, -0.15) is 0 Å². The molecule has 2 heterocycles. The van der Waals surface area contributed by atoms with E-state index in [2.05, 4.69) is 21.1 Å². The third kappa shape index (κ3) is 3.96. The van der Waals surface area contributed by atoms with E-state index < -0.39 is 0 Å². The highest BCUT2D eigenvalue weighted by atomic mass is 79.9. The van der Waals surface area contributed by atoms with Crippen molar-refractivity contribution in [3.05, 3.63) is 45.8 Å². The second-order valence-corrected chi connectivity index (χ2v) is 6.87. The Bertz CT molecular complexity index is 732. The molecule has 0 aliphatic carbocycles. The lowest BCUT2D eigenvalue weighted by Crippen LogP contribution is -2.45. The molecule has 1 aliphatic rings. The second-order valence-electron chi connectivity index (χ2n) is 6.02. The molecule has 24 heavy (non-hydrogen) atoms. The summed E-state index contributed by atoms with van der Waals surface area (Å²) in [5.74, 6) is 1.40. The van der Waals surface area contributed by atoms with Gasteiger partial charge in [-0.15, -0.1) is 0 Å². The highest BCUT2D eigenvalue weighted by Crippen LogP contribution is 2.27. The SMILES string of the molecule is Cc1cc(COc2ccc(C(=O)N3CCC[C@@H](N)C3)cc2Br)no1. The van der Waals surface area contributed by atoms with Crippen molar-refractivity contribution in [2.75, 3.05) is 13.1 Å². The van der Waals surface area contributed by atoms with Gasteiger partial charge in [-0.1, -0.05) is 5.16 Å². The minimum Gasteiger partial charge on any atom is -0.486 e. The molecule has 1 atom stereocenters. The van der Waals surface area contributed by atoms with Crippen molar-refractivity contribution < 1.29 is 14.1 Å². The molecular weight excluding hydrogens is 374 g/mol. The first-order valence-electron chi connectivity index (χ1n) is 7.92. The average molecular weight is 394 g/mol. The van der Waals surface area contributed by atoms with Gasteiger partial charge >= 0.3 is 0 Å². The number of rotatable bonds is 4. The molecule has 128 valence electrons. The summed E-state index contributed by atoms with van der Waals surface area (Å²) >= 11 is 3.47. The summed E-state index contributed by atoms with van der Waals surface area (Å²) in [5.41, 5.74) is 7.30. The van der Waals surface area contributed by atoms with Gasteiger partial charge in [0.05, 0.1) is 4.47 Å². The Morgan fingerprint density at radius 2 is 2.33 bits per heavy atom. The third-order valence-corrected chi connectivity index (χ3v) is 4.60. The molecule has 1 aromatic carbocycles. The van der Waals surface area contributed by atoms with Crippen LogP contribution in [0.2, 0.25) is 0 Å². The number of carbonyl (C=O) groups excluding carboxylic acids is 1. The van der Waals surface area contributed by atoms with E-state index in [-0.39, 0.29) is 11.9 Å². The van der Waals surface area contributed by atoms with Crippen LogP contribution in [-0.4, -0.2) is 35.1 Å². The van der Waals surface area contributed by atoms with Gasteiger partial charge in [0.1, 0.15) is 23.8 Å². The van der Waals surface area contributed by atoms with E-state index in [0.29, 0.717) is 24.5 Å². The van der Waals surface area contributed by atoms with Gasteiger partial charge in [-0.25, -0.2) is 0 Å². The molecule has 0 radical (unpaired) electrons. The Hall–Kier alpha value is -1.86. The van der Waals surface area contributed by atoms with E-state index in [1.165, 1.54) is 0 Å². The minimum atomic E-state index is 0.00419. The largest absolute Gasteiger partial charge is 0.486 e. The molecule has 0 bridgehead atoms. The van der Waals surface area contributed by atoms with Crippen LogP contribution in [-0.2, 0) is 6.61 Å². The number of piperidine rings is 1. The number of likely N-dealkylation sites (tertiary alicyclic amines) is 1. The molecule has 1 aromatic heterocycles. The summed E-state index contributed by atoms with van der Waals surface area (Å²) in [7, 11) is 0. The van der Waals surface area contributed by atoms with Gasteiger partial charge in [0.15, 0.2) is 0 Å². The maximum Gasteiger partial charge on any atom is 0.253 e. The summed E-state index contributed by atoms with van der Waals surface area (Å²) in [6.45, 7) is 3.51. The second kappa shape index (κ2) is 7.36. The number of hydrogen-bond donors (Lipinski definition) is 1. The topological polar surface area (TPSA) is 81.6 Å². The van der Waals surface area contributed by atoms with Gasteiger partial charge in [0.25, 0.3) is 5.91 Å². The fourth-order valence-electron chi connectivity index (χ4n) is 2.77. The van der Waals surface area contributed by atoms with Crippen molar-refractivity contribution in [1.29, 1.82) is 0 Å². The predicted molar refractivity (Wildman–Crippen MR) is 92.8 cm³/mol. The lowest BCUT2D eigenvalue weighted by molar-refractivity contribution is 0.0708. The molecule has 3 rings (SSSR count). The number of hydrogen-bond acceptors (Lipinski definition) is 5. The molecule has 0 spiro atoms. The number of carbonyl (C=O) groups is 1. The zero-order valence-electron chi connectivity index (χ0n) is 13.5. The number of ether oxygens (including phenoxy) is 1. The Kier molecular flexibility index (Phi) is 5.20. The molecule has 7 heteroatoms. The van der Waals surface area contributed by atoms with Gasteiger partial charge in [0.2, 0.25) is 0 Å². The van der Waals surface area contributed by atoms with Crippen LogP contribution < -0.4 is 10.5 Å². The number of aromatic nitrogens is 1. The molecule has 0 saturated carbocycles. The molecule has 2 N–H and O–H groups in total. The molecule has 2 aromatic rings. The highest BCUT2D eigenvalue weighted by Gasteiger charge is 2.22. The van der Waals surface area contributed by atoms with Crippen LogP contribution in [0.4, 0.5) is 0 Å². The Morgan fingerprint density at radius 3 is 3.00 bits per heavy atom. The third-order valence-electron chi connectivity index (χ3n) is 3.98. The van der Waals surface area contributed by atoms with E-state index in [0.717, 1.165) is 35.3 Å². The van der Waals surface area contributed by atoms with Crippen LogP contribution >= 0.6 is 15.9 Å². The van der Waals surface area contributed by atoms with Crippen molar-refractivity contribution >= 4 is 21.8 Å². The monoisotopic (exact) mass is 393 g/mol. The first-order chi connectivity index (χ1) is 11.5. The lowest BCUT2D eigenvalue weighted by Gasteiger charge is -2.30. The van der Waals surface area contributed by atoms with Crippen LogP contribution in [0.15, 0.2) is 33.3 Å². The maximum absolute atomic E-state index is 12.6. The number of benzene rings is 1. The summed E-state index contributed by atoms with van der Waals surface area (Å²) in [6, 6.07) is 7.24. The predicted octanol–water partition coefficient (Wildman–Crippen LogP) is 2.89. The van der Waals surface area contributed by atoms with Crippen molar-refractivity contribution in [2.45, 2.75) is 32.4 Å². The van der Waals surface area contributed by atoms with Gasteiger partial charge in [-0.3, -0.25) is 4.79 Å². The average Bonchev–Trinajstić information content (AvgIpc) is 2.98. The quantitative estimate of drug-likeness (QED) is 0.863. The molecule has 1 amide bonds. The van der Waals surface area contributed by atoms with E-state index in [1.807, 2.05) is 17.9 Å². The van der Waals surface area contributed by atoms with Crippen molar-refractivity contribution in [3.63, 3.8) is 0 Å². The van der Waals surface area contributed by atoms with Crippen LogP contribution in [0.1, 0.15) is 34.7 Å². The van der Waals surface area contributed by atoms with Gasteiger partial charge in [-0.05, 0) is 53.9 Å². The highest BCUT2D eigenvalue weighted by molar-refractivity contribution is 9.10. The smallest absolute Gasteiger partial charge is 0.253 e. The summed E-state index contributed by atoms with van der Waals surface area (Å²) < 4.78 is 11.5. The van der Waals surface area contributed by atoms with Crippen LogP contribution in [0.25, 0.3) is 0 Å². The van der Waals surface area contributed by atoms with E-state index in [1.54, 1.807) is 18.2 Å². The van der Waals surface area contributed by atoms with Gasteiger partial charge < -0.3 is 19.9 Å². The zero-order valence-corrected chi connectivity index (χ0v) is 15.1. The van der Waals surface area contributed by atoms with Crippen LogP contribution in [0, 0.1) is 6.92 Å². The summed E-state index contributed by atoms with van der Waals surface area (Å²) in [5, 5.41) is 3.89. The molecule has 1 fully saturated rings. The van der Waals surface area contributed by atoms with Gasteiger partial charge in [0, 0.05) is 30.8 Å². The Labute approximate surface area is 149 Å². The Morgan fingerprint density at radius 1 is 1.50 bits per heavy atom. The molecule has 1 saturated heterocycles. The molecular formula is C17H20BrN3O3. The maximum atomic E-state index is 12.6. The summed E-state index contributed by atoms with van der Waals surface area (Å²) in [4.78, 5) is 14.4. The number of nitrogens with two attached hydrogens (primary N) is 1. The van der Waals surface area contributed by atoms with Crippen molar-refractivity contribution in [1.82, 2.24) is 10.1 Å².